The van der Waals surface area contributed by atoms with Gasteiger partial charge in [-0.1, -0.05) is 12.1 Å². The zero-order valence-corrected chi connectivity index (χ0v) is 8.81. The van der Waals surface area contributed by atoms with Gasteiger partial charge in [-0.15, -0.1) is 5.10 Å². The fourth-order valence-electron chi connectivity index (χ4n) is 1.69. The maximum Gasteiger partial charge on any atom is 0.358 e. The van der Waals surface area contributed by atoms with Gasteiger partial charge in [0.1, 0.15) is 0 Å². The minimum atomic E-state index is -0.965. The molecule has 0 aliphatic heterocycles. The van der Waals surface area contributed by atoms with Gasteiger partial charge >= 0.3 is 5.97 Å². The van der Waals surface area contributed by atoms with E-state index in [9.17, 15) is 4.79 Å². The maximum atomic E-state index is 10.9. The molecule has 0 amide bonds. The van der Waals surface area contributed by atoms with Crippen LogP contribution < -0.4 is 0 Å². The lowest BCUT2D eigenvalue weighted by atomic mass is 10.2. The van der Waals surface area contributed by atoms with Crippen molar-refractivity contribution >= 4 is 5.97 Å². The van der Waals surface area contributed by atoms with Gasteiger partial charge in [0.15, 0.2) is 5.69 Å². The molecule has 0 radical (unpaired) electrons. The number of aromatic carboxylic acids is 1. The summed E-state index contributed by atoms with van der Waals surface area (Å²) in [6.07, 6.45) is 4.17. The van der Waals surface area contributed by atoms with E-state index in [1.54, 1.807) is 4.68 Å². The summed E-state index contributed by atoms with van der Waals surface area (Å²) in [5, 5.41) is 16.6. The Labute approximate surface area is 88.1 Å². The molecular formula is C10H15N3O2. The van der Waals surface area contributed by atoms with E-state index in [1.165, 1.54) is 12.8 Å². The molecule has 0 saturated heterocycles. The molecule has 5 nitrogen and oxygen atoms in total. The van der Waals surface area contributed by atoms with Crippen LogP contribution in [0.1, 0.15) is 42.4 Å². The molecule has 1 aliphatic carbocycles. The first-order valence-corrected chi connectivity index (χ1v) is 5.38. The lowest BCUT2D eigenvalue weighted by Crippen LogP contribution is -2.09. The summed E-state index contributed by atoms with van der Waals surface area (Å²) < 4.78 is 1.74. The lowest BCUT2D eigenvalue weighted by molar-refractivity contribution is 0.0689. The third-order valence-electron chi connectivity index (χ3n) is 2.65. The molecule has 1 aromatic heterocycles. The summed E-state index contributed by atoms with van der Waals surface area (Å²) >= 11 is 0. The van der Waals surface area contributed by atoms with Crippen LogP contribution in [-0.2, 0) is 13.0 Å². The standard InChI is InChI=1S/C10H15N3O2/c1-2-5-13-8(6-7-3-4-7)9(10(14)15)11-12-13/h7H,2-6H2,1H3,(H,14,15). The number of hydrogen-bond acceptors (Lipinski definition) is 3. The van der Waals surface area contributed by atoms with Gasteiger partial charge in [0, 0.05) is 6.54 Å². The Balaban J connectivity index is 2.25. The van der Waals surface area contributed by atoms with Crippen molar-refractivity contribution < 1.29 is 9.90 Å². The molecule has 0 unspecified atom stereocenters. The average Bonchev–Trinajstić information content (AvgIpc) is 2.90. The monoisotopic (exact) mass is 209 g/mol. The Morgan fingerprint density at radius 1 is 1.60 bits per heavy atom. The van der Waals surface area contributed by atoms with Crippen molar-refractivity contribution in [1.29, 1.82) is 0 Å². The van der Waals surface area contributed by atoms with Gasteiger partial charge < -0.3 is 5.11 Å². The fraction of sp³-hybridized carbons (Fsp3) is 0.700. The number of nitrogens with zero attached hydrogens (tertiary/aromatic N) is 3. The molecule has 1 aliphatic rings. The highest BCUT2D eigenvalue weighted by Crippen LogP contribution is 2.33. The minimum absolute atomic E-state index is 0.135. The molecule has 15 heavy (non-hydrogen) atoms. The molecule has 82 valence electrons. The van der Waals surface area contributed by atoms with Crippen molar-refractivity contribution in [3.63, 3.8) is 0 Å². The van der Waals surface area contributed by atoms with Crippen LogP contribution in [0, 0.1) is 5.92 Å². The highest BCUT2D eigenvalue weighted by atomic mass is 16.4. The molecule has 5 heteroatoms. The van der Waals surface area contributed by atoms with Crippen molar-refractivity contribution in [2.24, 2.45) is 5.92 Å². The van der Waals surface area contributed by atoms with Gasteiger partial charge in [0.25, 0.3) is 0 Å². The predicted molar refractivity (Wildman–Crippen MR) is 53.7 cm³/mol. The molecule has 2 rings (SSSR count). The Kier molecular flexibility index (Phi) is 2.70. The minimum Gasteiger partial charge on any atom is -0.476 e. The second-order valence-corrected chi connectivity index (χ2v) is 4.06. The first-order valence-electron chi connectivity index (χ1n) is 5.38. The fourth-order valence-corrected chi connectivity index (χ4v) is 1.69. The zero-order valence-electron chi connectivity index (χ0n) is 8.81. The largest absolute Gasteiger partial charge is 0.476 e. The Bertz CT molecular complexity index is 369. The van der Waals surface area contributed by atoms with Gasteiger partial charge in [-0.05, 0) is 31.6 Å². The SMILES string of the molecule is CCCn1nnc(C(=O)O)c1CC1CC1. The van der Waals surface area contributed by atoms with E-state index in [-0.39, 0.29) is 5.69 Å². The summed E-state index contributed by atoms with van der Waals surface area (Å²) in [6.45, 7) is 2.80. The van der Waals surface area contributed by atoms with Gasteiger partial charge in [-0.25, -0.2) is 9.48 Å². The molecule has 1 aromatic rings. The number of carbonyl (C=O) groups is 1. The van der Waals surface area contributed by atoms with Crippen LogP contribution in [0.2, 0.25) is 0 Å². The Morgan fingerprint density at radius 2 is 2.33 bits per heavy atom. The van der Waals surface area contributed by atoms with Crippen molar-refractivity contribution in [2.75, 3.05) is 0 Å². The van der Waals surface area contributed by atoms with E-state index in [2.05, 4.69) is 10.3 Å². The quantitative estimate of drug-likeness (QED) is 0.794. The maximum absolute atomic E-state index is 10.9. The van der Waals surface area contributed by atoms with E-state index in [1.807, 2.05) is 6.92 Å². The molecule has 0 bridgehead atoms. The molecule has 1 heterocycles. The van der Waals surface area contributed by atoms with Crippen LogP contribution in [0.3, 0.4) is 0 Å². The molecule has 0 spiro atoms. The van der Waals surface area contributed by atoms with Crippen LogP contribution in [0.25, 0.3) is 0 Å². The van der Waals surface area contributed by atoms with Crippen molar-refractivity contribution in [1.82, 2.24) is 15.0 Å². The number of carboxylic acid groups (broad SMARTS) is 1. The number of carboxylic acids is 1. The second kappa shape index (κ2) is 4.00. The van der Waals surface area contributed by atoms with Crippen LogP contribution in [0.5, 0.6) is 0 Å². The normalized spacial score (nSPS) is 15.5. The third kappa shape index (κ3) is 2.16. The highest BCUT2D eigenvalue weighted by molar-refractivity contribution is 5.86. The summed E-state index contributed by atoms with van der Waals surface area (Å²) in [5.74, 6) is -0.315. The van der Waals surface area contributed by atoms with Gasteiger partial charge in [0.2, 0.25) is 0 Å². The first kappa shape index (κ1) is 10.1. The highest BCUT2D eigenvalue weighted by Gasteiger charge is 2.27. The van der Waals surface area contributed by atoms with E-state index >= 15 is 0 Å². The van der Waals surface area contributed by atoms with E-state index in [4.69, 9.17) is 5.11 Å². The number of hydrogen-bond donors (Lipinski definition) is 1. The Hall–Kier alpha value is -1.39. The lowest BCUT2D eigenvalue weighted by Gasteiger charge is -2.04. The van der Waals surface area contributed by atoms with Crippen molar-refractivity contribution in [3.05, 3.63) is 11.4 Å². The van der Waals surface area contributed by atoms with Crippen LogP contribution in [-0.4, -0.2) is 26.1 Å². The first-order chi connectivity index (χ1) is 7.22. The van der Waals surface area contributed by atoms with Crippen LogP contribution in [0.4, 0.5) is 0 Å². The van der Waals surface area contributed by atoms with Crippen LogP contribution >= 0.6 is 0 Å². The molecule has 1 N–H and O–H groups in total. The molecule has 0 atom stereocenters. The van der Waals surface area contributed by atoms with Crippen molar-refractivity contribution in [3.8, 4) is 0 Å². The Morgan fingerprint density at radius 3 is 2.87 bits per heavy atom. The smallest absolute Gasteiger partial charge is 0.358 e. The summed E-state index contributed by atoms with van der Waals surface area (Å²) in [4.78, 5) is 10.9. The van der Waals surface area contributed by atoms with E-state index in [0.717, 1.165) is 25.1 Å². The topological polar surface area (TPSA) is 68.0 Å². The second-order valence-electron chi connectivity index (χ2n) is 4.06. The molecule has 1 saturated carbocycles. The molecule has 1 fully saturated rings. The van der Waals surface area contributed by atoms with Gasteiger partial charge in [-0.2, -0.15) is 0 Å². The summed E-state index contributed by atoms with van der Waals surface area (Å²) in [6, 6.07) is 0. The number of aryl methyl sites for hydroxylation is 1. The van der Waals surface area contributed by atoms with Crippen molar-refractivity contribution in [2.45, 2.75) is 39.2 Å². The van der Waals surface area contributed by atoms with E-state index in [0.29, 0.717) is 5.92 Å². The predicted octanol–water partition coefficient (Wildman–Crippen LogP) is 1.34. The van der Waals surface area contributed by atoms with Gasteiger partial charge in [0.05, 0.1) is 5.69 Å². The number of aromatic nitrogens is 3. The molecule has 0 aromatic carbocycles. The zero-order chi connectivity index (χ0) is 10.8. The van der Waals surface area contributed by atoms with Gasteiger partial charge in [-0.3, -0.25) is 0 Å². The summed E-state index contributed by atoms with van der Waals surface area (Å²) in [5.41, 5.74) is 0.933. The summed E-state index contributed by atoms with van der Waals surface area (Å²) in [7, 11) is 0. The van der Waals surface area contributed by atoms with Crippen LogP contribution in [0.15, 0.2) is 0 Å². The third-order valence-corrected chi connectivity index (χ3v) is 2.65. The molecular weight excluding hydrogens is 194 g/mol. The number of rotatable bonds is 5. The van der Waals surface area contributed by atoms with E-state index < -0.39 is 5.97 Å². The average molecular weight is 209 g/mol.